The van der Waals surface area contributed by atoms with Gasteiger partial charge in [-0.05, 0) is 18.6 Å². The molecule has 1 N–H and O–H groups in total. The number of nitrogens with zero attached hydrogens (tertiary/aromatic N) is 1. The topological polar surface area (TPSA) is 15.3 Å². The molecule has 0 aliphatic carbocycles. The van der Waals surface area contributed by atoms with Crippen molar-refractivity contribution < 1.29 is 0 Å². The van der Waals surface area contributed by atoms with E-state index in [2.05, 4.69) is 36.5 Å². The van der Waals surface area contributed by atoms with Crippen molar-refractivity contribution in [1.29, 1.82) is 0 Å². The zero-order chi connectivity index (χ0) is 6.97. The highest BCUT2D eigenvalue weighted by atomic mass is 15.3. The second-order valence-electron chi connectivity index (χ2n) is 2.47. The minimum absolute atomic E-state index is 0.253. The van der Waals surface area contributed by atoms with E-state index in [0.29, 0.717) is 0 Å². The van der Waals surface area contributed by atoms with Gasteiger partial charge in [0.2, 0.25) is 0 Å². The highest BCUT2D eigenvalue weighted by Crippen LogP contribution is 2.11. The van der Waals surface area contributed by atoms with E-state index in [4.69, 9.17) is 0 Å². The Bertz CT molecular complexity index is 265. The van der Waals surface area contributed by atoms with Gasteiger partial charge in [-0.25, -0.2) is 0 Å². The van der Waals surface area contributed by atoms with Crippen molar-refractivity contribution in [1.82, 2.24) is 10.2 Å². The fourth-order valence-electron chi connectivity index (χ4n) is 1.07. The molecule has 2 rings (SSSR count). The van der Waals surface area contributed by atoms with Gasteiger partial charge in [0, 0.05) is 18.3 Å². The molecule has 50 valence electrons. The molecule has 0 aromatic carbocycles. The lowest BCUT2D eigenvalue weighted by Crippen LogP contribution is -2.32. The molecule has 0 fully saturated rings. The number of allylic oxidation sites excluding steroid dienone is 2. The van der Waals surface area contributed by atoms with Crippen molar-refractivity contribution in [3.05, 3.63) is 23.9 Å². The third kappa shape index (κ3) is 0.679. The first kappa shape index (κ1) is 5.43. The van der Waals surface area contributed by atoms with Gasteiger partial charge in [-0.2, -0.15) is 0 Å². The smallest absolute Gasteiger partial charge is 0.137 e. The number of rotatable bonds is 0. The Labute approximate surface area is 60.2 Å². The molecule has 0 bridgehead atoms. The lowest BCUT2D eigenvalue weighted by atomic mass is 10.2. The molecule has 0 aromatic heterocycles. The molecule has 1 atom stereocenters. The van der Waals surface area contributed by atoms with Crippen LogP contribution in [0, 0.1) is 12.1 Å². The van der Waals surface area contributed by atoms with Gasteiger partial charge in [-0.15, -0.1) is 0 Å². The Morgan fingerprint density at radius 2 is 2.60 bits per heavy atom. The molecular formula is C8H8N2. The van der Waals surface area contributed by atoms with Crippen LogP contribution in [-0.2, 0) is 0 Å². The Hall–Kier alpha value is -1.36. The van der Waals surface area contributed by atoms with Crippen LogP contribution in [0.2, 0.25) is 0 Å². The van der Waals surface area contributed by atoms with Gasteiger partial charge in [0.1, 0.15) is 6.17 Å². The maximum absolute atomic E-state index is 3.01. The van der Waals surface area contributed by atoms with Gasteiger partial charge in [0.15, 0.2) is 0 Å². The van der Waals surface area contributed by atoms with E-state index >= 15 is 0 Å². The number of hydrogen-bond acceptors (Lipinski definition) is 2. The monoisotopic (exact) mass is 132 g/mol. The summed E-state index contributed by atoms with van der Waals surface area (Å²) >= 11 is 0. The van der Waals surface area contributed by atoms with Crippen molar-refractivity contribution in [2.45, 2.75) is 13.1 Å². The summed E-state index contributed by atoms with van der Waals surface area (Å²) in [6, 6.07) is 5.75. The highest BCUT2D eigenvalue weighted by molar-refractivity contribution is 5.28. The lowest BCUT2D eigenvalue weighted by molar-refractivity contribution is 0.435. The van der Waals surface area contributed by atoms with E-state index in [-0.39, 0.29) is 6.17 Å². The predicted octanol–water partition coefficient (Wildman–Crippen LogP) is 0.610. The molecule has 0 radical (unpaired) electrons. The first-order valence-corrected chi connectivity index (χ1v) is 3.27. The van der Waals surface area contributed by atoms with Crippen molar-refractivity contribution in [3.63, 3.8) is 0 Å². The molecule has 2 aliphatic heterocycles. The van der Waals surface area contributed by atoms with Crippen molar-refractivity contribution in [2.75, 3.05) is 0 Å². The highest BCUT2D eigenvalue weighted by Gasteiger charge is 2.15. The lowest BCUT2D eigenvalue weighted by Gasteiger charge is -2.20. The largest absolute Gasteiger partial charge is 0.319 e. The zero-order valence-corrected chi connectivity index (χ0v) is 5.76. The Balaban J connectivity index is 2.29. The summed E-state index contributed by atoms with van der Waals surface area (Å²) < 4.78 is 0. The summed E-state index contributed by atoms with van der Waals surface area (Å²) in [7, 11) is 0. The predicted molar refractivity (Wildman–Crippen MR) is 39.4 cm³/mol. The average Bonchev–Trinajstić information content (AvgIpc) is 2.33. The molecule has 10 heavy (non-hydrogen) atoms. The summed E-state index contributed by atoms with van der Waals surface area (Å²) in [6.45, 7) is 2.06. The van der Waals surface area contributed by atoms with Crippen molar-refractivity contribution >= 4 is 0 Å². The van der Waals surface area contributed by atoms with Gasteiger partial charge in [0.05, 0.1) is 0 Å². The van der Waals surface area contributed by atoms with E-state index in [1.165, 1.54) is 5.57 Å². The van der Waals surface area contributed by atoms with Crippen molar-refractivity contribution in [2.24, 2.45) is 0 Å². The van der Waals surface area contributed by atoms with Crippen LogP contribution < -0.4 is 5.32 Å². The molecular weight excluding hydrogens is 124 g/mol. The van der Waals surface area contributed by atoms with Crippen LogP contribution in [0.5, 0.6) is 0 Å². The maximum atomic E-state index is 3.01. The van der Waals surface area contributed by atoms with Gasteiger partial charge < -0.3 is 5.32 Å². The molecule has 2 heterocycles. The minimum atomic E-state index is 0.253. The van der Waals surface area contributed by atoms with Gasteiger partial charge in [0.25, 0.3) is 0 Å². The fourth-order valence-corrected chi connectivity index (χ4v) is 1.07. The minimum Gasteiger partial charge on any atom is -0.319 e. The summed E-state index contributed by atoms with van der Waals surface area (Å²) in [6.07, 6.45) is 6.46. The fraction of sp³-hybridized carbons (Fsp3) is 0.250. The second kappa shape index (κ2) is 1.81. The summed E-state index contributed by atoms with van der Waals surface area (Å²) in [4.78, 5) is 1.97. The third-order valence-corrected chi connectivity index (χ3v) is 1.59. The van der Waals surface area contributed by atoms with Crippen LogP contribution >= 0.6 is 0 Å². The molecule has 0 spiro atoms. The summed E-state index contributed by atoms with van der Waals surface area (Å²) in [5.74, 6) is 0. The van der Waals surface area contributed by atoms with E-state index in [0.717, 1.165) is 0 Å². The number of hydrogen-bond donors (Lipinski definition) is 1. The van der Waals surface area contributed by atoms with E-state index in [9.17, 15) is 0 Å². The Kier molecular flexibility index (Phi) is 0.983. The Morgan fingerprint density at radius 1 is 1.70 bits per heavy atom. The zero-order valence-electron chi connectivity index (χ0n) is 5.76. The maximum Gasteiger partial charge on any atom is 0.137 e. The first-order valence-electron chi connectivity index (χ1n) is 3.27. The van der Waals surface area contributed by atoms with E-state index in [1.54, 1.807) is 0 Å². The standard InChI is InChI=1S/C8H8N2/c1-7-2-3-8-9-4-5-10(8)6-7/h2-3,6,8-9H,1H3. The molecule has 2 aliphatic rings. The first-order chi connectivity index (χ1) is 4.86. The van der Waals surface area contributed by atoms with Gasteiger partial charge >= 0.3 is 0 Å². The molecule has 0 saturated carbocycles. The summed E-state index contributed by atoms with van der Waals surface area (Å²) in [5.41, 5.74) is 1.24. The van der Waals surface area contributed by atoms with Crippen LogP contribution in [0.15, 0.2) is 23.9 Å². The van der Waals surface area contributed by atoms with Crippen LogP contribution in [-0.4, -0.2) is 11.1 Å². The third-order valence-electron chi connectivity index (χ3n) is 1.59. The van der Waals surface area contributed by atoms with E-state index < -0.39 is 0 Å². The molecule has 1 unspecified atom stereocenters. The number of fused-ring (bicyclic) bond motifs is 1. The Morgan fingerprint density at radius 3 is 3.50 bits per heavy atom. The van der Waals surface area contributed by atoms with Crippen molar-refractivity contribution in [3.8, 4) is 12.1 Å². The quantitative estimate of drug-likeness (QED) is 0.486. The molecule has 0 amide bonds. The van der Waals surface area contributed by atoms with Gasteiger partial charge in [-0.1, -0.05) is 6.08 Å². The summed E-state index contributed by atoms with van der Waals surface area (Å²) in [5, 5.41) is 3.01. The van der Waals surface area contributed by atoms with Crippen LogP contribution in [0.3, 0.4) is 0 Å². The number of nitrogens with one attached hydrogen (secondary N) is 1. The van der Waals surface area contributed by atoms with Gasteiger partial charge in [-0.3, -0.25) is 4.90 Å². The van der Waals surface area contributed by atoms with Crippen LogP contribution in [0.1, 0.15) is 6.92 Å². The van der Waals surface area contributed by atoms with Crippen LogP contribution in [0.4, 0.5) is 0 Å². The normalized spacial score (nSPS) is 26.3. The second-order valence-corrected chi connectivity index (χ2v) is 2.47. The molecule has 0 aromatic rings. The molecule has 0 saturated heterocycles. The van der Waals surface area contributed by atoms with Crippen LogP contribution in [0.25, 0.3) is 0 Å². The SMILES string of the molecule is CC1=CN2C#CNC2C=C1. The molecule has 2 nitrogen and oxygen atoms in total. The van der Waals surface area contributed by atoms with E-state index in [1.807, 2.05) is 11.1 Å². The average molecular weight is 132 g/mol. The molecule has 2 heteroatoms.